The Morgan fingerprint density at radius 2 is 1.84 bits per heavy atom. The molecule has 2 rings (SSSR count). The van der Waals surface area contributed by atoms with E-state index >= 15 is 0 Å². The highest BCUT2D eigenvalue weighted by Crippen LogP contribution is 2.43. The van der Waals surface area contributed by atoms with Crippen LogP contribution in [0, 0.1) is 16.7 Å². The first-order chi connectivity index (χ1) is 8.99. The van der Waals surface area contributed by atoms with Crippen LogP contribution in [0.2, 0.25) is 0 Å². The summed E-state index contributed by atoms with van der Waals surface area (Å²) in [5.41, 5.74) is 0.509. The van der Waals surface area contributed by atoms with Crippen molar-refractivity contribution in [3.05, 3.63) is 0 Å². The van der Waals surface area contributed by atoms with Gasteiger partial charge in [0.15, 0.2) is 0 Å². The van der Waals surface area contributed by atoms with Gasteiger partial charge in [0, 0.05) is 17.8 Å². The lowest BCUT2D eigenvalue weighted by molar-refractivity contribution is -0.128. The minimum atomic E-state index is 0.193. The molecule has 1 unspecified atom stereocenters. The van der Waals surface area contributed by atoms with Gasteiger partial charge in [0.1, 0.15) is 0 Å². The van der Waals surface area contributed by atoms with E-state index in [9.17, 15) is 4.79 Å². The third-order valence-electron chi connectivity index (χ3n) is 5.41. The van der Waals surface area contributed by atoms with Crippen molar-refractivity contribution in [1.29, 1.82) is 0 Å². The first-order valence-electron chi connectivity index (χ1n) is 7.83. The maximum absolute atomic E-state index is 12.4. The van der Waals surface area contributed by atoms with E-state index in [0.717, 1.165) is 18.3 Å². The highest BCUT2D eigenvalue weighted by atomic mass is 79.9. The minimum absolute atomic E-state index is 0.193. The molecule has 0 bridgehead atoms. The largest absolute Gasteiger partial charge is 0.355 e. The highest BCUT2D eigenvalue weighted by molar-refractivity contribution is 9.09. The smallest absolute Gasteiger partial charge is 0.223 e. The van der Waals surface area contributed by atoms with Crippen molar-refractivity contribution in [2.45, 2.75) is 65.2 Å². The zero-order valence-corrected chi connectivity index (χ0v) is 14.0. The van der Waals surface area contributed by atoms with E-state index in [0.29, 0.717) is 11.3 Å². The average Bonchev–Trinajstić information content (AvgIpc) is 2.77. The van der Waals surface area contributed by atoms with E-state index in [2.05, 4.69) is 35.1 Å². The second kappa shape index (κ2) is 6.15. The molecule has 2 aliphatic carbocycles. The van der Waals surface area contributed by atoms with Crippen molar-refractivity contribution in [1.82, 2.24) is 5.32 Å². The fraction of sp³-hybridized carbons (Fsp3) is 0.938. The molecule has 0 aliphatic heterocycles. The molecule has 1 N–H and O–H groups in total. The monoisotopic (exact) mass is 329 g/mol. The van der Waals surface area contributed by atoms with E-state index in [-0.39, 0.29) is 11.3 Å². The van der Waals surface area contributed by atoms with Crippen LogP contribution in [0.4, 0.5) is 0 Å². The van der Waals surface area contributed by atoms with Crippen molar-refractivity contribution in [3.63, 3.8) is 0 Å². The summed E-state index contributed by atoms with van der Waals surface area (Å²) in [7, 11) is 0. The molecule has 1 amide bonds. The predicted molar refractivity (Wildman–Crippen MR) is 83.4 cm³/mol. The molecule has 2 saturated carbocycles. The Balaban J connectivity index is 1.89. The van der Waals surface area contributed by atoms with Gasteiger partial charge in [0.2, 0.25) is 5.91 Å². The number of amides is 1. The molecule has 2 aliphatic rings. The van der Waals surface area contributed by atoms with E-state index in [4.69, 9.17) is 0 Å². The summed E-state index contributed by atoms with van der Waals surface area (Å²) >= 11 is 3.67. The molecule has 1 atom stereocenters. The van der Waals surface area contributed by atoms with Gasteiger partial charge in [-0.15, -0.1) is 0 Å². The summed E-state index contributed by atoms with van der Waals surface area (Å²) in [5.74, 6) is 0.525. The fourth-order valence-electron chi connectivity index (χ4n) is 3.87. The zero-order valence-electron chi connectivity index (χ0n) is 12.4. The van der Waals surface area contributed by atoms with E-state index < -0.39 is 0 Å². The Hall–Kier alpha value is -0.0500. The number of carbonyl (C=O) groups excluding carboxylic acids is 1. The van der Waals surface area contributed by atoms with Crippen molar-refractivity contribution >= 4 is 21.8 Å². The maximum atomic E-state index is 12.4. The molecular weight excluding hydrogens is 302 g/mol. The minimum Gasteiger partial charge on any atom is -0.355 e. The molecule has 110 valence electrons. The summed E-state index contributed by atoms with van der Waals surface area (Å²) in [5, 5.41) is 4.29. The fourth-order valence-corrected chi connectivity index (χ4v) is 4.63. The van der Waals surface area contributed by atoms with Crippen molar-refractivity contribution in [2.24, 2.45) is 16.7 Å². The van der Waals surface area contributed by atoms with Gasteiger partial charge in [-0.25, -0.2) is 0 Å². The molecule has 0 aromatic heterocycles. The second-order valence-corrected chi connectivity index (χ2v) is 7.91. The standard InChI is InChI=1S/C16H28BrNO/c1-15(2)8-6-7-13(15)14(19)18-12-16(11-17)9-4-3-5-10-16/h13H,3-12H2,1-2H3,(H,18,19). The highest BCUT2D eigenvalue weighted by Gasteiger charge is 2.40. The van der Waals surface area contributed by atoms with Crippen LogP contribution in [0.15, 0.2) is 0 Å². The molecule has 2 nitrogen and oxygen atoms in total. The topological polar surface area (TPSA) is 29.1 Å². The van der Waals surface area contributed by atoms with Gasteiger partial charge in [-0.3, -0.25) is 4.79 Å². The van der Waals surface area contributed by atoms with E-state index in [1.54, 1.807) is 0 Å². The summed E-state index contributed by atoms with van der Waals surface area (Å²) in [6, 6.07) is 0. The van der Waals surface area contributed by atoms with Gasteiger partial charge in [-0.2, -0.15) is 0 Å². The quantitative estimate of drug-likeness (QED) is 0.766. The molecule has 0 saturated heterocycles. The molecule has 3 heteroatoms. The van der Waals surface area contributed by atoms with Crippen molar-refractivity contribution in [2.75, 3.05) is 11.9 Å². The Morgan fingerprint density at radius 3 is 2.37 bits per heavy atom. The van der Waals surface area contributed by atoms with Gasteiger partial charge in [0.05, 0.1) is 0 Å². The molecule has 0 radical (unpaired) electrons. The molecular formula is C16H28BrNO. The van der Waals surface area contributed by atoms with Crippen LogP contribution in [0.5, 0.6) is 0 Å². The van der Waals surface area contributed by atoms with Gasteiger partial charge >= 0.3 is 0 Å². The first kappa shape index (κ1) is 15.3. The Morgan fingerprint density at radius 1 is 1.16 bits per heavy atom. The molecule has 0 aromatic rings. The Labute approximate surface area is 126 Å². The van der Waals surface area contributed by atoms with Crippen LogP contribution in [-0.4, -0.2) is 17.8 Å². The van der Waals surface area contributed by atoms with Gasteiger partial charge < -0.3 is 5.32 Å². The Kier molecular flexibility index (Phi) is 4.97. The lowest BCUT2D eigenvalue weighted by Gasteiger charge is -2.36. The number of rotatable bonds is 4. The lowest BCUT2D eigenvalue weighted by Crippen LogP contribution is -2.44. The van der Waals surface area contributed by atoms with Crippen LogP contribution >= 0.6 is 15.9 Å². The summed E-state index contributed by atoms with van der Waals surface area (Å²) in [4.78, 5) is 12.4. The van der Waals surface area contributed by atoms with Gasteiger partial charge in [-0.05, 0) is 36.5 Å². The lowest BCUT2D eigenvalue weighted by atomic mass is 9.75. The molecule has 19 heavy (non-hydrogen) atoms. The van der Waals surface area contributed by atoms with Crippen LogP contribution in [0.3, 0.4) is 0 Å². The molecule has 0 spiro atoms. The van der Waals surface area contributed by atoms with Crippen molar-refractivity contribution in [3.8, 4) is 0 Å². The number of alkyl halides is 1. The first-order valence-corrected chi connectivity index (χ1v) is 8.95. The number of hydrogen-bond donors (Lipinski definition) is 1. The van der Waals surface area contributed by atoms with Gasteiger partial charge in [0.25, 0.3) is 0 Å². The normalized spacial score (nSPS) is 29.1. The van der Waals surface area contributed by atoms with Crippen LogP contribution < -0.4 is 5.32 Å². The predicted octanol–water partition coefficient (Wildman–Crippen LogP) is 4.27. The molecule has 2 fully saturated rings. The molecule has 0 aromatic carbocycles. The summed E-state index contributed by atoms with van der Waals surface area (Å²) in [6.45, 7) is 5.35. The number of halogens is 1. The molecule has 0 heterocycles. The van der Waals surface area contributed by atoms with Crippen molar-refractivity contribution < 1.29 is 4.79 Å². The SMILES string of the molecule is CC1(C)CCCC1C(=O)NCC1(CBr)CCCCC1. The van der Waals surface area contributed by atoms with Gasteiger partial charge in [-0.1, -0.05) is 55.5 Å². The Bertz CT molecular complexity index is 321. The summed E-state index contributed by atoms with van der Waals surface area (Å²) < 4.78 is 0. The number of carbonyl (C=O) groups is 1. The summed E-state index contributed by atoms with van der Waals surface area (Å²) in [6.07, 6.45) is 9.97. The second-order valence-electron chi connectivity index (χ2n) is 7.35. The zero-order chi connectivity index (χ0) is 13.9. The number of nitrogens with one attached hydrogen (secondary N) is 1. The van der Waals surface area contributed by atoms with E-state index in [1.165, 1.54) is 44.9 Å². The van der Waals surface area contributed by atoms with E-state index in [1.807, 2.05) is 0 Å². The number of hydrogen-bond acceptors (Lipinski definition) is 1. The third-order valence-corrected chi connectivity index (χ3v) is 6.60. The van der Waals surface area contributed by atoms with Crippen LogP contribution in [0.25, 0.3) is 0 Å². The maximum Gasteiger partial charge on any atom is 0.223 e. The average molecular weight is 330 g/mol. The third kappa shape index (κ3) is 3.53. The van der Waals surface area contributed by atoms with Crippen LogP contribution in [0.1, 0.15) is 65.2 Å². The van der Waals surface area contributed by atoms with Crippen LogP contribution in [-0.2, 0) is 4.79 Å².